The maximum Gasteiger partial charge on any atom is 0.306 e. The molecule has 0 atom stereocenters. The zero-order chi connectivity index (χ0) is 17.1. The van der Waals surface area contributed by atoms with Crippen LogP contribution in [0.5, 0.6) is 0 Å². The number of likely N-dealkylation sites (tertiary alicyclic amines) is 1. The summed E-state index contributed by atoms with van der Waals surface area (Å²) >= 11 is 1.33. The number of rotatable bonds is 4. The van der Waals surface area contributed by atoms with Crippen LogP contribution in [0, 0.1) is 11.7 Å². The van der Waals surface area contributed by atoms with E-state index < -0.39 is 5.97 Å². The van der Waals surface area contributed by atoms with Gasteiger partial charge in [-0.3, -0.25) is 9.59 Å². The summed E-state index contributed by atoms with van der Waals surface area (Å²) in [6.07, 6.45) is 1.28. The number of carboxylic acids is 1. The Balaban J connectivity index is 1.64. The van der Waals surface area contributed by atoms with Gasteiger partial charge in [-0.2, -0.15) is 0 Å². The molecule has 2 aromatic rings. The van der Waals surface area contributed by atoms with Gasteiger partial charge in [0.15, 0.2) is 0 Å². The Morgan fingerprint density at radius 3 is 2.67 bits per heavy atom. The third kappa shape index (κ3) is 3.62. The highest BCUT2D eigenvalue weighted by Crippen LogP contribution is 2.21. The number of carbonyl (C=O) groups excluding carboxylic acids is 1. The fourth-order valence-electron chi connectivity index (χ4n) is 2.79. The maximum absolute atomic E-state index is 13.7. The van der Waals surface area contributed by atoms with E-state index in [0.29, 0.717) is 48.6 Å². The van der Waals surface area contributed by atoms with Crippen molar-refractivity contribution in [3.63, 3.8) is 0 Å². The Bertz CT molecular complexity index is 754. The molecule has 5 nitrogen and oxygen atoms in total. The van der Waals surface area contributed by atoms with E-state index in [9.17, 15) is 14.0 Å². The molecule has 0 aliphatic carbocycles. The van der Waals surface area contributed by atoms with Crippen molar-refractivity contribution in [3.8, 4) is 0 Å². The number of piperidine rings is 1. The van der Waals surface area contributed by atoms with E-state index in [1.165, 1.54) is 17.4 Å². The van der Waals surface area contributed by atoms with Crippen LogP contribution in [0.1, 0.15) is 33.9 Å². The van der Waals surface area contributed by atoms with Crippen molar-refractivity contribution in [2.24, 2.45) is 5.92 Å². The number of aromatic nitrogens is 1. The summed E-state index contributed by atoms with van der Waals surface area (Å²) in [5, 5.41) is 11.4. The van der Waals surface area contributed by atoms with Gasteiger partial charge in [0.1, 0.15) is 11.5 Å². The second kappa shape index (κ2) is 7.09. The Morgan fingerprint density at radius 1 is 1.29 bits per heavy atom. The molecule has 1 amide bonds. The lowest BCUT2D eigenvalue weighted by molar-refractivity contribution is -0.143. The highest BCUT2D eigenvalue weighted by atomic mass is 32.1. The normalized spacial score (nSPS) is 15.5. The number of aliphatic carboxylic acids is 1. The second-order valence-electron chi connectivity index (χ2n) is 5.80. The zero-order valence-electron chi connectivity index (χ0n) is 12.9. The van der Waals surface area contributed by atoms with Gasteiger partial charge in [-0.05, 0) is 24.5 Å². The lowest BCUT2D eigenvalue weighted by Gasteiger charge is -2.29. The van der Waals surface area contributed by atoms with Crippen LogP contribution in [0.4, 0.5) is 4.39 Å². The van der Waals surface area contributed by atoms with Gasteiger partial charge in [0.25, 0.3) is 5.91 Å². The van der Waals surface area contributed by atoms with Crippen molar-refractivity contribution in [3.05, 3.63) is 51.7 Å². The quantitative estimate of drug-likeness (QED) is 0.922. The molecule has 0 bridgehead atoms. The van der Waals surface area contributed by atoms with E-state index in [-0.39, 0.29) is 17.6 Å². The van der Waals surface area contributed by atoms with Gasteiger partial charge in [0.2, 0.25) is 0 Å². The molecule has 3 rings (SSSR count). The smallest absolute Gasteiger partial charge is 0.306 e. The molecule has 1 fully saturated rings. The predicted molar refractivity (Wildman–Crippen MR) is 87.6 cm³/mol. The molecule has 24 heavy (non-hydrogen) atoms. The molecular formula is C17H17FN2O3S. The average Bonchev–Trinajstić information content (AvgIpc) is 3.05. The van der Waals surface area contributed by atoms with Gasteiger partial charge in [-0.1, -0.05) is 18.2 Å². The molecule has 0 spiro atoms. The maximum atomic E-state index is 13.7. The van der Waals surface area contributed by atoms with Crippen molar-refractivity contribution in [2.75, 3.05) is 13.1 Å². The zero-order valence-corrected chi connectivity index (χ0v) is 13.8. The molecule has 7 heteroatoms. The van der Waals surface area contributed by atoms with E-state index >= 15 is 0 Å². The lowest BCUT2D eigenvalue weighted by Crippen LogP contribution is -2.40. The Labute approximate surface area is 142 Å². The van der Waals surface area contributed by atoms with Crippen molar-refractivity contribution in [1.82, 2.24) is 9.88 Å². The fraction of sp³-hybridized carbons (Fsp3) is 0.353. The molecule has 1 N–H and O–H groups in total. The predicted octanol–water partition coefficient (Wildman–Crippen LogP) is 2.81. The number of halogens is 1. The van der Waals surface area contributed by atoms with Gasteiger partial charge >= 0.3 is 5.97 Å². The lowest BCUT2D eigenvalue weighted by atomic mass is 9.97. The van der Waals surface area contributed by atoms with Crippen LogP contribution >= 0.6 is 11.3 Å². The van der Waals surface area contributed by atoms with Crippen LogP contribution in [0.25, 0.3) is 0 Å². The summed E-state index contributed by atoms with van der Waals surface area (Å²) < 4.78 is 13.7. The minimum Gasteiger partial charge on any atom is -0.481 e. The van der Waals surface area contributed by atoms with E-state index in [2.05, 4.69) is 4.98 Å². The number of hydrogen-bond donors (Lipinski definition) is 1. The van der Waals surface area contributed by atoms with Gasteiger partial charge in [-0.25, -0.2) is 9.37 Å². The molecule has 1 aromatic carbocycles. The standard InChI is InChI=1S/C17H17FN2O3S/c18-13-4-2-1-3-12(13)9-15-19-14(10-24-15)16(21)20-7-5-11(6-8-20)17(22)23/h1-4,10-11H,5-9H2,(H,22,23). The van der Waals surface area contributed by atoms with Crippen LogP contribution in [0.2, 0.25) is 0 Å². The number of amides is 1. The SMILES string of the molecule is O=C(O)C1CCN(C(=O)c2csc(Cc3ccccc3F)n2)CC1. The number of hydrogen-bond acceptors (Lipinski definition) is 4. The Kier molecular flexibility index (Phi) is 4.89. The Hall–Kier alpha value is -2.28. The molecule has 126 valence electrons. The summed E-state index contributed by atoms with van der Waals surface area (Å²) in [5.41, 5.74) is 0.897. The molecule has 1 aliphatic rings. The summed E-state index contributed by atoms with van der Waals surface area (Å²) in [5.74, 6) is -1.64. The summed E-state index contributed by atoms with van der Waals surface area (Å²) in [6, 6.07) is 6.51. The van der Waals surface area contributed by atoms with Crippen molar-refractivity contribution >= 4 is 23.2 Å². The van der Waals surface area contributed by atoms with Crippen molar-refractivity contribution in [2.45, 2.75) is 19.3 Å². The molecule has 0 unspecified atom stereocenters. The van der Waals surface area contributed by atoms with E-state index in [1.54, 1.807) is 28.5 Å². The molecule has 0 radical (unpaired) electrons. The van der Waals surface area contributed by atoms with E-state index in [4.69, 9.17) is 5.11 Å². The number of thiazole rings is 1. The number of nitrogens with zero attached hydrogens (tertiary/aromatic N) is 2. The van der Waals surface area contributed by atoms with Crippen LogP contribution in [-0.2, 0) is 11.2 Å². The van der Waals surface area contributed by atoms with Crippen LogP contribution in [0.3, 0.4) is 0 Å². The van der Waals surface area contributed by atoms with Crippen molar-refractivity contribution < 1.29 is 19.1 Å². The van der Waals surface area contributed by atoms with E-state index in [1.807, 2.05) is 0 Å². The van der Waals surface area contributed by atoms with Gasteiger partial charge in [-0.15, -0.1) is 11.3 Å². The summed E-state index contributed by atoms with van der Waals surface area (Å²) in [6.45, 7) is 0.853. The molecule has 1 aromatic heterocycles. The molecule has 1 saturated heterocycles. The van der Waals surface area contributed by atoms with Gasteiger partial charge in [0.05, 0.1) is 10.9 Å². The summed E-state index contributed by atoms with van der Waals surface area (Å²) in [7, 11) is 0. The van der Waals surface area contributed by atoms with Crippen LogP contribution in [-0.4, -0.2) is 40.0 Å². The molecule has 0 saturated carbocycles. The number of carbonyl (C=O) groups is 2. The molecule has 2 heterocycles. The van der Waals surface area contributed by atoms with Crippen LogP contribution in [0.15, 0.2) is 29.6 Å². The highest BCUT2D eigenvalue weighted by molar-refractivity contribution is 7.09. The van der Waals surface area contributed by atoms with Gasteiger partial charge in [0, 0.05) is 24.9 Å². The number of carboxylic acid groups (broad SMARTS) is 1. The topological polar surface area (TPSA) is 70.5 Å². The summed E-state index contributed by atoms with van der Waals surface area (Å²) in [4.78, 5) is 29.4. The van der Waals surface area contributed by atoms with E-state index in [0.717, 1.165) is 0 Å². The first kappa shape index (κ1) is 16.6. The largest absolute Gasteiger partial charge is 0.481 e. The first-order chi connectivity index (χ1) is 11.5. The van der Waals surface area contributed by atoms with Crippen molar-refractivity contribution in [1.29, 1.82) is 0 Å². The minimum atomic E-state index is -0.803. The second-order valence-corrected chi connectivity index (χ2v) is 6.74. The van der Waals surface area contributed by atoms with Crippen LogP contribution < -0.4 is 0 Å². The van der Waals surface area contributed by atoms with Gasteiger partial charge < -0.3 is 10.0 Å². The first-order valence-electron chi connectivity index (χ1n) is 7.74. The third-order valence-corrected chi connectivity index (χ3v) is 5.05. The molecule has 1 aliphatic heterocycles. The third-order valence-electron chi connectivity index (χ3n) is 4.20. The molecular weight excluding hydrogens is 331 g/mol. The minimum absolute atomic E-state index is 0.185. The monoisotopic (exact) mass is 348 g/mol. The highest BCUT2D eigenvalue weighted by Gasteiger charge is 2.28. The first-order valence-corrected chi connectivity index (χ1v) is 8.62. The fourth-order valence-corrected chi connectivity index (χ4v) is 3.58. The Morgan fingerprint density at radius 2 is 2.00 bits per heavy atom. The average molecular weight is 348 g/mol. The number of benzene rings is 1.